The van der Waals surface area contributed by atoms with Crippen LogP contribution in [0.3, 0.4) is 0 Å². The monoisotopic (exact) mass is 489 g/mol. The summed E-state index contributed by atoms with van der Waals surface area (Å²) in [4.78, 5) is 12.5. The van der Waals surface area contributed by atoms with Crippen LogP contribution in [-0.4, -0.2) is 52.3 Å². The van der Waals surface area contributed by atoms with Gasteiger partial charge in [0, 0.05) is 32.1 Å². The Morgan fingerprint density at radius 2 is 2.15 bits per heavy atom. The van der Waals surface area contributed by atoms with Gasteiger partial charge in [-0.25, -0.2) is 4.98 Å². The number of guanidine groups is 1. The van der Waals surface area contributed by atoms with Gasteiger partial charge in [0.15, 0.2) is 5.96 Å². The van der Waals surface area contributed by atoms with E-state index in [0.717, 1.165) is 24.9 Å². The first kappa shape index (κ1) is 21.1. The molecule has 3 rings (SSSR count). The summed E-state index contributed by atoms with van der Waals surface area (Å²) in [7, 11) is 3.69. The Hall–Kier alpha value is -1.20. The highest BCUT2D eigenvalue weighted by Crippen LogP contribution is 2.20. The molecular formula is C17H28IN7S. The molecule has 7 nitrogen and oxygen atoms in total. The highest BCUT2D eigenvalue weighted by Gasteiger charge is 2.19. The number of thiophene rings is 1. The Balaban J connectivity index is 0.00000243. The zero-order valence-electron chi connectivity index (χ0n) is 15.4. The zero-order valence-corrected chi connectivity index (χ0v) is 18.5. The Morgan fingerprint density at radius 3 is 2.77 bits per heavy atom. The third kappa shape index (κ3) is 6.20. The van der Waals surface area contributed by atoms with Crippen LogP contribution in [0.5, 0.6) is 0 Å². The van der Waals surface area contributed by atoms with Gasteiger partial charge in [0.1, 0.15) is 12.2 Å². The molecule has 1 aliphatic rings. The molecule has 1 saturated heterocycles. The van der Waals surface area contributed by atoms with Crippen molar-refractivity contribution in [2.75, 3.05) is 26.7 Å². The number of hydrogen-bond donors (Lipinski definition) is 2. The van der Waals surface area contributed by atoms with E-state index in [1.165, 1.54) is 30.8 Å². The van der Waals surface area contributed by atoms with Gasteiger partial charge < -0.3 is 10.6 Å². The summed E-state index contributed by atoms with van der Waals surface area (Å²) >= 11 is 1.85. The molecular weight excluding hydrogens is 461 g/mol. The fourth-order valence-corrected chi connectivity index (χ4v) is 3.82. The summed E-state index contributed by atoms with van der Waals surface area (Å²) in [5.74, 6) is 2.42. The van der Waals surface area contributed by atoms with Crippen LogP contribution in [0.15, 0.2) is 28.8 Å². The van der Waals surface area contributed by atoms with E-state index in [9.17, 15) is 0 Å². The molecule has 0 amide bonds. The molecule has 9 heteroatoms. The molecule has 3 heterocycles. The first-order chi connectivity index (χ1) is 12.2. The lowest BCUT2D eigenvalue weighted by Crippen LogP contribution is -2.42. The molecule has 1 aliphatic heterocycles. The number of nitrogens with zero attached hydrogens (tertiary/aromatic N) is 5. The molecule has 2 aromatic heterocycles. The maximum absolute atomic E-state index is 4.29. The minimum atomic E-state index is 0. The van der Waals surface area contributed by atoms with Crippen molar-refractivity contribution in [3.05, 3.63) is 34.5 Å². The average Bonchev–Trinajstić information content (AvgIpc) is 3.28. The first-order valence-corrected chi connectivity index (χ1v) is 9.64. The lowest BCUT2D eigenvalue weighted by molar-refractivity contribution is 0.179. The smallest absolute Gasteiger partial charge is 0.191 e. The number of aryl methyl sites for hydroxylation is 1. The largest absolute Gasteiger partial charge is 0.356 e. The van der Waals surface area contributed by atoms with E-state index in [1.807, 2.05) is 18.4 Å². The third-order valence-corrected chi connectivity index (χ3v) is 5.53. The number of aliphatic imine (C=N–C) groups is 1. The number of halogens is 1. The summed E-state index contributed by atoms with van der Waals surface area (Å²) in [5.41, 5.74) is 0. The van der Waals surface area contributed by atoms with Gasteiger partial charge in [-0.1, -0.05) is 6.07 Å². The molecule has 0 radical (unpaired) electrons. The van der Waals surface area contributed by atoms with Crippen molar-refractivity contribution in [2.24, 2.45) is 18.0 Å². The van der Waals surface area contributed by atoms with Crippen molar-refractivity contribution in [1.82, 2.24) is 30.3 Å². The highest BCUT2D eigenvalue weighted by atomic mass is 127. The number of nitrogens with one attached hydrogen (secondary N) is 2. The van der Waals surface area contributed by atoms with E-state index in [0.29, 0.717) is 12.5 Å². The molecule has 2 N–H and O–H groups in total. The Bertz CT molecular complexity index is 662. The summed E-state index contributed by atoms with van der Waals surface area (Å²) in [6.07, 6.45) is 4.04. The highest BCUT2D eigenvalue weighted by molar-refractivity contribution is 14.0. The van der Waals surface area contributed by atoms with Crippen molar-refractivity contribution in [3.63, 3.8) is 0 Å². The molecule has 0 bridgehead atoms. The summed E-state index contributed by atoms with van der Waals surface area (Å²) in [6, 6.07) is 4.36. The van der Waals surface area contributed by atoms with E-state index < -0.39 is 0 Å². The van der Waals surface area contributed by atoms with Gasteiger partial charge in [0.05, 0.1) is 6.54 Å². The molecule has 2 aromatic rings. The SMILES string of the molecule is CN=C(NCc1ncnn1C)NCC1CCN(Cc2cccs2)CC1.I. The number of hydrogen-bond acceptors (Lipinski definition) is 5. The van der Waals surface area contributed by atoms with Crippen molar-refractivity contribution in [2.45, 2.75) is 25.9 Å². The maximum Gasteiger partial charge on any atom is 0.191 e. The van der Waals surface area contributed by atoms with E-state index in [-0.39, 0.29) is 24.0 Å². The molecule has 1 fully saturated rings. The van der Waals surface area contributed by atoms with Crippen LogP contribution in [-0.2, 0) is 20.1 Å². The van der Waals surface area contributed by atoms with Gasteiger partial charge in [0.25, 0.3) is 0 Å². The van der Waals surface area contributed by atoms with Gasteiger partial charge in [-0.3, -0.25) is 14.6 Å². The van der Waals surface area contributed by atoms with Gasteiger partial charge in [-0.2, -0.15) is 5.10 Å². The Labute approximate surface area is 176 Å². The summed E-state index contributed by atoms with van der Waals surface area (Å²) in [5, 5.41) is 13.0. The maximum atomic E-state index is 4.29. The minimum Gasteiger partial charge on any atom is -0.356 e. The van der Waals surface area contributed by atoms with Crippen LogP contribution in [0.1, 0.15) is 23.5 Å². The number of rotatable bonds is 6. The molecule has 26 heavy (non-hydrogen) atoms. The number of piperidine rings is 1. The molecule has 0 saturated carbocycles. The number of likely N-dealkylation sites (tertiary alicyclic amines) is 1. The van der Waals surface area contributed by atoms with Gasteiger partial charge in [-0.15, -0.1) is 35.3 Å². The van der Waals surface area contributed by atoms with Crippen molar-refractivity contribution in [3.8, 4) is 0 Å². The predicted molar refractivity (Wildman–Crippen MR) is 117 cm³/mol. The number of aromatic nitrogens is 3. The topological polar surface area (TPSA) is 70.4 Å². The molecule has 0 unspecified atom stereocenters. The zero-order chi connectivity index (χ0) is 17.5. The van der Waals surface area contributed by atoms with E-state index in [1.54, 1.807) is 18.1 Å². The molecule has 0 aromatic carbocycles. The van der Waals surface area contributed by atoms with Crippen LogP contribution in [0.4, 0.5) is 0 Å². The normalized spacial score (nSPS) is 16.3. The lowest BCUT2D eigenvalue weighted by Gasteiger charge is -2.32. The quantitative estimate of drug-likeness (QED) is 0.370. The second-order valence-corrected chi connectivity index (χ2v) is 7.44. The lowest BCUT2D eigenvalue weighted by atomic mass is 9.97. The Morgan fingerprint density at radius 1 is 1.35 bits per heavy atom. The van der Waals surface area contributed by atoms with Crippen LogP contribution < -0.4 is 10.6 Å². The van der Waals surface area contributed by atoms with E-state index in [2.05, 4.69) is 48.1 Å². The summed E-state index contributed by atoms with van der Waals surface area (Å²) < 4.78 is 1.77. The van der Waals surface area contributed by atoms with Crippen LogP contribution in [0, 0.1) is 5.92 Å². The molecule has 0 aliphatic carbocycles. The predicted octanol–water partition coefficient (Wildman–Crippen LogP) is 2.07. The van der Waals surface area contributed by atoms with Crippen molar-refractivity contribution >= 4 is 41.3 Å². The molecule has 144 valence electrons. The van der Waals surface area contributed by atoms with E-state index in [4.69, 9.17) is 0 Å². The van der Waals surface area contributed by atoms with Gasteiger partial charge in [-0.05, 0) is 43.3 Å². The van der Waals surface area contributed by atoms with Gasteiger partial charge in [0.2, 0.25) is 0 Å². The average molecular weight is 489 g/mol. The summed E-state index contributed by atoms with van der Waals surface area (Å²) in [6.45, 7) is 5.03. The first-order valence-electron chi connectivity index (χ1n) is 8.76. The van der Waals surface area contributed by atoms with Crippen molar-refractivity contribution in [1.29, 1.82) is 0 Å². The molecule has 0 spiro atoms. The van der Waals surface area contributed by atoms with Gasteiger partial charge >= 0.3 is 0 Å². The second kappa shape index (κ2) is 10.8. The fourth-order valence-electron chi connectivity index (χ4n) is 3.08. The van der Waals surface area contributed by atoms with Crippen molar-refractivity contribution < 1.29 is 0 Å². The fraction of sp³-hybridized carbons (Fsp3) is 0.588. The third-order valence-electron chi connectivity index (χ3n) is 4.67. The van der Waals surface area contributed by atoms with E-state index >= 15 is 0 Å². The van der Waals surface area contributed by atoms with Crippen LogP contribution >= 0.6 is 35.3 Å². The molecule has 0 atom stereocenters. The Kier molecular flexibility index (Phi) is 8.79. The van der Waals surface area contributed by atoms with Crippen LogP contribution in [0.25, 0.3) is 0 Å². The minimum absolute atomic E-state index is 0. The van der Waals surface area contributed by atoms with Crippen LogP contribution in [0.2, 0.25) is 0 Å². The second-order valence-electron chi connectivity index (χ2n) is 6.41. The standard InChI is InChI=1S/C17H27N7S.HI/c1-18-17(20-11-16-21-13-22-23(16)2)19-10-14-5-7-24(8-6-14)12-15-4-3-9-25-15;/h3-4,9,13-14H,5-8,10-12H2,1-2H3,(H2,18,19,20);1H.